The molecule has 10 rings (SSSR count). The molecule has 0 saturated carbocycles. The number of benzene rings is 8. The summed E-state index contributed by atoms with van der Waals surface area (Å²) in [5, 5.41) is 7.28. The molecule has 0 N–H and O–H groups in total. The van der Waals surface area contributed by atoms with E-state index < -0.39 is 0 Å². The molecule has 230 valence electrons. The predicted octanol–water partition coefficient (Wildman–Crippen LogP) is 13.9. The van der Waals surface area contributed by atoms with E-state index in [0.29, 0.717) is 0 Å². The first-order chi connectivity index (χ1) is 24.3. The van der Waals surface area contributed by atoms with E-state index in [-0.39, 0.29) is 0 Å². The molecule has 8 aromatic carbocycles. The second-order valence-corrected chi connectivity index (χ2v) is 13.6. The zero-order valence-electron chi connectivity index (χ0n) is 26.5. The van der Waals surface area contributed by atoms with Crippen LogP contribution in [-0.4, -0.2) is 0 Å². The van der Waals surface area contributed by atoms with Crippen LogP contribution in [0.25, 0.3) is 75.1 Å². The molecule has 0 amide bonds. The molecule has 0 saturated heterocycles. The molecule has 0 radical (unpaired) electrons. The number of hydrogen-bond acceptors (Lipinski definition) is 3. The summed E-state index contributed by atoms with van der Waals surface area (Å²) in [5.74, 6) is 0. The van der Waals surface area contributed by atoms with Crippen LogP contribution in [0, 0.1) is 0 Å². The maximum atomic E-state index is 6.45. The Bertz CT molecular complexity index is 2850. The molecule has 0 fully saturated rings. The van der Waals surface area contributed by atoms with Crippen LogP contribution in [0.5, 0.6) is 0 Å². The fourth-order valence-corrected chi connectivity index (χ4v) is 8.57. The molecular formula is C46H29NOS. The van der Waals surface area contributed by atoms with Crippen molar-refractivity contribution < 1.29 is 4.42 Å². The molecule has 49 heavy (non-hydrogen) atoms. The van der Waals surface area contributed by atoms with Crippen molar-refractivity contribution in [3.8, 4) is 22.3 Å². The topological polar surface area (TPSA) is 16.4 Å². The molecule has 2 heterocycles. The lowest BCUT2D eigenvalue weighted by atomic mass is 9.94. The summed E-state index contributed by atoms with van der Waals surface area (Å²) in [4.78, 5) is 2.42. The van der Waals surface area contributed by atoms with Crippen LogP contribution in [-0.2, 0) is 0 Å². The van der Waals surface area contributed by atoms with Gasteiger partial charge in [-0.1, -0.05) is 121 Å². The molecule has 10 aromatic rings. The fourth-order valence-electron chi connectivity index (χ4n) is 7.45. The van der Waals surface area contributed by atoms with Gasteiger partial charge in [-0.15, -0.1) is 11.3 Å². The highest BCUT2D eigenvalue weighted by Gasteiger charge is 2.22. The third-order valence-corrected chi connectivity index (χ3v) is 10.8. The van der Waals surface area contributed by atoms with Crippen molar-refractivity contribution >= 4 is 81.3 Å². The highest BCUT2D eigenvalue weighted by molar-refractivity contribution is 7.26. The number of rotatable bonds is 5. The summed E-state index contributed by atoms with van der Waals surface area (Å²) in [7, 11) is 0. The Morgan fingerprint density at radius 1 is 0.408 bits per heavy atom. The van der Waals surface area contributed by atoms with Crippen LogP contribution < -0.4 is 4.90 Å². The summed E-state index contributed by atoms with van der Waals surface area (Å²) in [6.45, 7) is 0. The molecule has 0 bridgehead atoms. The van der Waals surface area contributed by atoms with E-state index in [9.17, 15) is 0 Å². The number of thiophene rings is 1. The summed E-state index contributed by atoms with van der Waals surface area (Å²) in [6.07, 6.45) is 0. The zero-order chi connectivity index (χ0) is 32.3. The third-order valence-electron chi connectivity index (χ3n) is 9.66. The van der Waals surface area contributed by atoms with E-state index in [1.54, 1.807) is 0 Å². The molecule has 0 aliphatic carbocycles. The van der Waals surface area contributed by atoms with Crippen molar-refractivity contribution in [3.63, 3.8) is 0 Å². The van der Waals surface area contributed by atoms with Crippen LogP contribution >= 0.6 is 11.3 Å². The standard InChI is InChI=1S/C46H29NOS/c1-2-16-34-30(12-1)13-10-20-35(34)31-14-9-15-32(28-31)36-17-3-6-21-40(36)47(33-26-27-38-37-18-4-7-23-42(37)48-43(38)29-33)41-22-11-25-45-46(41)39-19-5-8-24-44(39)49-45/h1-29H. The van der Waals surface area contributed by atoms with E-state index in [4.69, 9.17) is 4.42 Å². The molecule has 3 heteroatoms. The molecule has 0 atom stereocenters. The number of fused-ring (bicyclic) bond motifs is 7. The van der Waals surface area contributed by atoms with Crippen molar-refractivity contribution in [2.75, 3.05) is 4.90 Å². The molecule has 2 aromatic heterocycles. The first kappa shape index (κ1) is 27.9. The fraction of sp³-hybridized carbons (Fsp3) is 0. The number of nitrogens with zero attached hydrogens (tertiary/aromatic N) is 1. The van der Waals surface area contributed by atoms with Gasteiger partial charge in [0.1, 0.15) is 11.2 Å². The van der Waals surface area contributed by atoms with Gasteiger partial charge in [0.25, 0.3) is 0 Å². The van der Waals surface area contributed by atoms with Gasteiger partial charge < -0.3 is 9.32 Å². The maximum absolute atomic E-state index is 6.45. The summed E-state index contributed by atoms with van der Waals surface area (Å²) < 4.78 is 9.00. The van der Waals surface area contributed by atoms with E-state index in [0.717, 1.165) is 44.6 Å². The lowest BCUT2D eigenvalue weighted by Gasteiger charge is -2.29. The van der Waals surface area contributed by atoms with Crippen LogP contribution in [0.1, 0.15) is 0 Å². The lowest BCUT2D eigenvalue weighted by molar-refractivity contribution is 0.669. The first-order valence-electron chi connectivity index (χ1n) is 16.6. The molecule has 0 aliphatic heterocycles. The van der Waals surface area contributed by atoms with Gasteiger partial charge in [-0.3, -0.25) is 0 Å². The van der Waals surface area contributed by atoms with Crippen LogP contribution in [0.4, 0.5) is 17.1 Å². The highest BCUT2D eigenvalue weighted by Crippen LogP contribution is 2.48. The van der Waals surface area contributed by atoms with Gasteiger partial charge in [0.05, 0.1) is 11.4 Å². The molecule has 0 unspecified atom stereocenters. The second kappa shape index (κ2) is 11.2. The van der Waals surface area contributed by atoms with Gasteiger partial charge in [0.2, 0.25) is 0 Å². The largest absolute Gasteiger partial charge is 0.456 e. The summed E-state index contributed by atoms with van der Waals surface area (Å²) in [5.41, 5.74) is 9.83. The van der Waals surface area contributed by atoms with Gasteiger partial charge in [-0.25, -0.2) is 0 Å². The van der Waals surface area contributed by atoms with Crippen molar-refractivity contribution in [3.05, 3.63) is 176 Å². The monoisotopic (exact) mass is 643 g/mol. The van der Waals surface area contributed by atoms with E-state index >= 15 is 0 Å². The van der Waals surface area contributed by atoms with Crippen molar-refractivity contribution in [2.45, 2.75) is 0 Å². The minimum absolute atomic E-state index is 0.876. The van der Waals surface area contributed by atoms with Gasteiger partial charge in [0.15, 0.2) is 0 Å². The molecule has 0 aliphatic rings. The third kappa shape index (κ3) is 4.55. The Balaban J connectivity index is 1.22. The number of anilines is 3. The Kier molecular flexibility index (Phi) is 6.39. The van der Waals surface area contributed by atoms with E-state index in [2.05, 4.69) is 169 Å². The molecule has 2 nitrogen and oxygen atoms in total. The Morgan fingerprint density at radius 3 is 1.98 bits per heavy atom. The smallest absolute Gasteiger partial charge is 0.137 e. The SMILES string of the molecule is c1cc(-c2ccccc2N(c2ccc3c(c2)oc2ccccc23)c2cccc3sc4ccccc4c23)cc(-c2cccc3ccccc23)c1. The van der Waals surface area contributed by atoms with Gasteiger partial charge in [0, 0.05) is 48.3 Å². The van der Waals surface area contributed by atoms with Crippen LogP contribution in [0.3, 0.4) is 0 Å². The highest BCUT2D eigenvalue weighted by atomic mass is 32.1. The van der Waals surface area contributed by atoms with Gasteiger partial charge in [-0.2, -0.15) is 0 Å². The Hall–Kier alpha value is -6.16. The molecular weight excluding hydrogens is 615 g/mol. The van der Waals surface area contributed by atoms with Gasteiger partial charge in [-0.05, 0) is 76.0 Å². The number of para-hydroxylation sites is 2. The van der Waals surface area contributed by atoms with E-state index in [1.807, 2.05) is 23.5 Å². The quantitative estimate of drug-likeness (QED) is 0.186. The van der Waals surface area contributed by atoms with E-state index in [1.165, 1.54) is 47.6 Å². The van der Waals surface area contributed by atoms with Crippen LogP contribution in [0.15, 0.2) is 180 Å². The minimum Gasteiger partial charge on any atom is -0.456 e. The Labute approximate surface area is 287 Å². The average molecular weight is 644 g/mol. The molecule has 0 spiro atoms. The first-order valence-corrected chi connectivity index (χ1v) is 17.4. The van der Waals surface area contributed by atoms with Crippen molar-refractivity contribution in [1.29, 1.82) is 0 Å². The predicted molar refractivity (Wildman–Crippen MR) is 210 cm³/mol. The zero-order valence-corrected chi connectivity index (χ0v) is 27.3. The Morgan fingerprint density at radius 2 is 1.04 bits per heavy atom. The van der Waals surface area contributed by atoms with Crippen molar-refractivity contribution in [1.82, 2.24) is 0 Å². The maximum Gasteiger partial charge on any atom is 0.137 e. The summed E-state index contributed by atoms with van der Waals surface area (Å²) in [6, 6.07) is 63.3. The second-order valence-electron chi connectivity index (χ2n) is 12.5. The normalized spacial score (nSPS) is 11.7. The van der Waals surface area contributed by atoms with Crippen LogP contribution in [0.2, 0.25) is 0 Å². The summed E-state index contributed by atoms with van der Waals surface area (Å²) >= 11 is 1.84. The lowest BCUT2D eigenvalue weighted by Crippen LogP contribution is -2.11. The van der Waals surface area contributed by atoms with Gasteiger partial charge >= 0.3 is 0 Å². The average Bonchev–Trinajstić information content (AvgIpc) is 3.73. The number of hydrogen-bond donors (Lipinski definition) is 0. The minimum atomic E-state index is 0.876. The number of furan rings is 1. The van der Waals surface area contributed by atoms with Crippen molar-refractivity contribution in [2.24, 2.45) is 0 Å².